The van der Waals surface area contributed by atoms with Gasteiger partial charge in [-0.25, -0.2) is 0 Å². The summed E-state index contributed by atoms with van der Waals surface area (Å²) in [5, 5.41) is 0. The minimum Gasteiger partial charge on any atom is -0.120 e. The maximum atomic E-state index is 5.35. The molecule has 0 fully saturated rings. The Morgan fingerprint density at radius 2 is 1.50 bits per heavy atom. The first-order valence-electron chi connectivity index (χ1n) is 4.70. The van der Waals surface area contributed by atoms with Crippen LogP contribution in [0.15, 0.2) is 0 Å². The number of hydrogen-bond acceptors (Lipinski definition) is 0. The third-order valence-electron chi connectivity index (χ3n) is 2.13. The van der Waals surface area contributed by atoms with Crippen LogP contribution in [0.4, 0.5) is 0 Å². The Labute approximate surface area is 79.8 Å². The van der Waals surface area contributed by atoms with Crippen LogP contribution in [-0.4, -0.2) is 16.1 Å². The van der Waals surface area contributed by atoms with Crippen molar-refractivity contribution in [1.29, 1.82) is 0 Å². The van der Waals surface area contributed by atoms with Crippen LogP contribution in [0.25, 0.3) is 0 Å². The number of terminal acetylenes is 1. The summed E-state index contributed by atoms with van der Waals surface area (Å²) in [6.07, 6.45) is 5.35. The lowest BCUT2D eigenvalue weighted by atomic mass is 10.8. The zero-order valence-corrected chi connectivity index (χ0v) is 11.2. The van der Waals surface area contributed by atoms with Gasteiger partial charge in [-0.1, -0.05) is 44.8 Å². The molecule has 0 saturated heterocycles. The van der Waals surface area contributed by atoms with Crippen molar-refractivity contribution in [1.82, 2.24) is 0 Å². The maximum absolute atomic E-state index is 5.35. The molecule has 0 atom stereocenters. The Morgan fingerprint density at radius 1 is 1.00 bits per heavy atom. The van der Waals surface area contributed by atoms with Crippen LogP contribution in [0.3, 0.4) is 0 Å². The zero-order valence-electron chi connectivity index (χ0n) is 9.20. The molecular formula is C10H22Si2. The Bertz CT molecular complexity index is 169. The lowest BCUT2D eigenvalue weighted by molar-refractivity contribution is 1.25. The van der Waals surface area contributed by atoms with E-state index < -0.39 is 16.1 Å². The number of rotatable bonds is 4. The van der Waals surface area contributed by atoms with E-state index in [9.17, 15) is 0 Å². The first kappa shape index (κ1) is 12.0. The van der Waals surface area contributed by atoms with Gasteiger partial charge in [-0.15, -0.1) is 12.3 Å². The molecule has 0 N–H and O–H groups in total. The Kier molecular flexibility index (Phi) is 4.29. The van der Waals surface area contributed by atoms with Gasteiger partial charge < -0.3 is 0 Å². The van der Waals surface area contributed by atoms with Crippen molar-refractivity contribution in [2.45, 2.75) is 50.9 Å². The SMILES string of the molecule is C#CC[Si](C)(C)CC[Si](C)(C)C. The topological polar surface area (TPSA) is 0 Å². The van der Waals surface area contributed by atoms with Gasteiger partial charge in [0.05, 0.1) is 8.07 Å². The van der Waals surface area contributed by atoms with E-state index in [0.29, 0.717) is 0 Å². The van der Waals surface area contributed by atoms with E-state index in [4.69, 9.17) is 6.42 Å². The average molecular weight is 198 g/mol. The molecule has 0 aromatic rings. The minimum absolute atomic E-state index is 0.830. The molecule has 12 heavy (non-hydrogen) atoms. The Balaban J connectivity index is 3.85. The molecule has 2 heteroatoms. The molecule has 0 radical (unpaired) electrons. The van der Waals surface area contributed by atoms with Crippen molar-refractivity contribution in [2.75, 3.05) is 0 Å². The highest BCUT2D eigenvalue weighted by Crippen LogP contribution is 2.22. The molecule has 0 amide bonds. The summed E-state index contributed by atoms with van der Waals surface area (Å²) in [5.41, 5.74) is 0. The van der Waals surface area contributed by atoms with Crippen LogP contribution in [0.1, 0.15) is 0 Å². The first-order chi connectivity index (χ1) is 5.27. The van der Waals surface area contributed by atoms with E-state index in [0.717, 1.165) is 6.04 Å². The van der Waals surface area contributed by atoms with Gasteiger partial charge in [-0.3, -0.25) is 0 Å². The second kappa shape index (κ2) is 4.29. The van der Waals surface area contributed by atoms with E-state index in [2.05, 4.69) is 38.7 Å². The summed E-state index contributed by atoms with van der Waals surface area (Å²) in [6, 6.07) is 3.93. The molecule has 0 spiro atoms. The van der Waals surface area contributed by atoms with Crippen LogP contribution in [0.5, 0.6) is 0 Å². The molecule has 0 aliphatic carbocycles. The predicted molar refractivity (Wildman–Crippen MR) is 64.1 cm³/mol. The summed E-state index contributed by atoms with van der Waals surface area (Å²) in [7, 11) is -1.84. The third kappa shape index (κ3) is 6.69. The zero-order chi connectivity index (χ0) is 9.83. The van der Waals surface area contributed by atoms with Crippen molar-refractivity contribution in [3.8, 4) is 12.3 Å². The van der Waals surface area contributed by atoms with E-state index in [-0.39, 0.29) is 0 Å². The highest BCUT2D eigenvalue weighted by molar-refractivity contribution is 6.82. The number of hydrogen-bond donors (Lipinski definition) is 0. The quantitative estimate of drug-likeness (QED) is 0.478. The molecule has 0 bridgehead atoms. The van der Waals surface area contributed by atoms with Crippen LogP contribution in [-0.2, 0) is 0 Å². The fourth-order valence-electron chi connectivity index (χ4n) is 1.08. The Hall–Kier alpha value is -0.00623. The van der Waals surface area contributed by atoms with Gasteiger partial charge in [0.2, 0.25) is 0 Å². The normalized spacial score (nSPS) is 12.7. The van der Waals surface area contributed by atoms with Gasteiger partial charge in [-0.2, -0.15) is 0 Å². The average Bonchev–Trinajstić information content (AvgIpc) is 1.83. The van der Waals surface area contributed by atoms with Crippen LogP contribution in [0.2, 0.25) is 50.9 Å². The van der Waals surface area contributed by atoms with Gasteiger partial charge >= 0.3 is 0 Å². The maximum Gasteiger partial charge on any atom is 0.0601 e. The predicted octanol–water partition coefficient (Wildman–Crippen LogP) is 3.67. The summed E-state index contributed by atoms with van der Waals surface area (Å²) in [4.78, 5) is 0. The molecule has 0 nitrogen and oxygen atoms in total. The second-order valence-corrected chi connectivity index (χ2v) is 16.4. The lowest BCUT2D eigenvalue weighted by Gasteiger charge is -2.24. The summed E-state index contributed by atoms with van der Waals surface area (Å²) in [5.74, 6) is 2.82. The van der Waals surface area contributed by atoms with Crippen molar-refractivity contribution in [3.63, 3.8) is 0 Å². The van der Waals surface area contributed by atoms with E-state index >= 15 is 0 Å². The van der Waals surface area contributed by atoms with Crippen molar-refractivity contribution >= 4 is 16.1 Å². The molecule has 0 rings (SSSR count). The molecule has 0 aromatic carbocycles. The molecular weight excluding hydrogens is 176 g/mol. The minimum atomic E-state index is -1.01. The fourth-order valence-corrected chi connectivity index (χ4v) is 7.51. The molecule has 0 aliphatic rings. The van der Waals surface area contributed by atoms with E-state index in [1.165, 1.54) is 12.1 Å². The van der Waals surface area contributed by atoms with Gasteiger partial charge in [0, 0.05) is 14.1 Å². The molecule has 70 valence electrons. The monoisotopic (exact) mass is 198 g/mol. The molecule has 0 heterocycles. The van der Waals surface area contributed by atoms with Crippen LogP contribution >= 0.6 is 0 Å². The first-order valence-corrected chi connectivity index (χ1v) is 11.8. The van der Waals surface area contributed by atoms with Crippen molar-refractivity contribution < 1.29 is 0 Å². The van der Waals surface area contributed by atoms with Gasteiger partial charge in [0.25, 0.3) is 0 Å². The smallest absolute Gasteiger partial charge is 0.0601 e. The van der Waals surface area contributed by atoms with Gasteiger partial charge in [0.1, 0.15) is 0 Å². The third-order valence-corrected chi connectivity index (χ3v) is 7.15. The molecule has 0 aromatic heterocycles. The van der Waals surface area contributed by atoms with Crippen molar-refractivity contribution in [2.24, 2.45) is 0 Å². The lowest BCUT2D eigenvalue weighted by Crippen LogP contribution is -2.29. The Morgan fingerprint density at radius 3 is 1.83 bits per heavy atom. The van der Waals surface area contributed by atoms with E-state index in [1.54, 1.807) is 0 Å². The molecule has 0 saturated carbocycles. The summed E-state index contributed by atoms with van der Waals surface area (Å²) < 4.78 is 0. The van der Waals surface area contributed by atoms with Gasteiger partial charge in [0.15, 0.2) is 0 Å². The standard InChI is InChI=1S/C10H22Si2/c1-7-8-12(5,6)10-9-11(2,3)4/h1H,8-10H2,2-6H3. The summed E-state index contributed by atoms with van der Waals surface area (Å²) in [6.45, 7) is 12.1. The molecule has 0 unspecified atom stereocenters. The van der Waals surface area contributed by atoms with E-state index in [1.807, 2.05) is 0 Å². The second-order valence-electron chi connectivity index (χ2n) is 5.61. The molecule has 0 aliphatic heterocycles. The fraction of sp³-hybridized carbons (Fsp3) is 0.800. The highest BCUT2D eigenvalue weighted by Gasteiger charge is 2.23. The highest BCUT2D eigenvalue weighted by atomic mass is 28.3. The largest absolute Gasteiger partial charge is 0.120 e. The van der Waals surface area contributed by atoms with Gasteiger partial charge in [-0.05, 0) is 0 Å². The summed E-state index contributed by atoms with van der Waals surface area (Å²) >= 11 is 0. The van der Waals surface area contributed by atoms with Crippen LogP contribution < -0.4 is 0 Å². The van der Waals surface area contributed by atoms with Crippen molar-refractivity contribution in [3.05, 3.63) is 0 Å². The van der Waals surface area contributed by atoms with Crippen LogP contribution in [0, 0.1) is 12.3 Å².